The Balaban J connectivity index is 2.95. The second-order valence-electron chi connectivity index (χ2n) is 3.68. The first-order valence-electron chi connectivity index (χ1n) is 5.49. The molecule has 0 aliphatic heterocycles. The molecule has 1 nitrogen and oxygen atoms in total. The molecule has 0 unspecified atom stereocenters. The topological polar surface area (TPSA) is 12.9 Å². The zero-order chi connectivity index (χ0) is 11.3. The van der Waals surface area contributed by atoms with Crippen molar-refractivity contribution in [1.82, 2.24) is 4.98 Å². The summed E-state index contributed by atoms with van der Waals surface area (Å²) in [6.07, 6.45) is 8.03. The van der Waals surface area contributed by atoms with E-state index in [9.17, 15) is 0 Å². The standard InChI is InChI=1S/C14H19N/c1-5-11(3)7-8-14-12(4)13(6-2)9-10-15-14/h7-10H,3,5-6H2,1-2,4H3/b8-7-. The van der Waals surface area contributed by atoms with Gasteiger partial charge in [0, 0.05) is 6.20 Å². The monoisotopic (exact) mass is 201 g/mol. The van der Waals surface area contributed by atoms with Crippen LogP contribution < -0.4 is 0 Å². The van der Waals surface area contributed by atoms with Crippen molar-refractivity contribution in [3.05, 3.63) is 47.3 Å². The predicted octanol–water partition coefficient (Wildman–Crippen LogP) is 3.93. The van der Waals surface area contributed by atoms with Crippen molar-refractivity contribution in [3.8, 4) is 0 Å². The average molecular weight is 201 g/mol. The SMILES string of the molecule is C=C(/C=C\c1nccc(CC)c1C)CC. The van der Waals surface area contributed by atoms with Gasteiger partial charge in [-0.15, -0.1) is 0 Å². The van der Waals surface area contributed by atoms with Crippen molar-refractivity contribution < 1.29 is 0 Å². The summed E-state index contributed by atoms with van der Waals surface area (Å²) in [5.41, 5.74) is 4.84. The maximum Gasteiger partial charge on any atom is 0.0661 e. The summed E-state index contributed by atoms with van der Waals surface area (Å²) in [6.45, 7) is 10.3. The predicted molar refractivity (Wildman–Crippen MR) is 66.8 cm³/mol. The Morgan fingerprint density at radius 2 is 2.20 bits per heavy atom. The highest BCUT2D eigenvalue weighted by Gasteiger charge is 2.00. The molecule has 0 aliphatic carbocycles. The van der Waals surface area contributed by atoms with Crippen LogP contribution in [-0.2, 0) is 6.42 Å². The molecule has 0 aliphatic rings. The lowest BCUT2D eigenvalue weighted by molar-refractivity contribution is 1.07. The highest BCUT2D eigenvalue weighted by atomic mass is 14.7. The quantitative estimate of drug-likeness (QED) is 0.672. The third kappa shape index (κ3) is 3.05. The van der Waals surface area contributed by atoms with E-state index < -0.39 is 0 Å². The van der Waals surface area contributed by atoms with Gasteiger partial charge in [-0.05, 0) is 43.0 Å². The molecule has 0 amide bonds. The highest BCUT2D eigenvalue weighted by Crippen LogP contribution is 2.14. The van der Waals surface area contributed by atoms with Crippen molar-refractivity contribution in [2.45, 2.75) is 33.6 Å². The van der Waals surface area contributed by atoms with Crippen LogP contribution in [0, 0.1) is 6.92 Å². The van der Waals surface area contributed by atoms with E-state index in [1.807, 2.05) is 6.20 Å². The largest absolute Gasteiger partial charge is 0.257 e. The number of aryl methyl sites for hydroxylation is 1. The minimum absolute atomic E-state index is 0.989. The summed E-state index contributed by atoms with van der Waals surface area (Å²) in [5, 5.41) is 0. The minimum Gasteiger partial charge on any atom is -0.257 e. The molecule has 0 atom stereocenters. The zero-order valence-electron chi connectivity index (χ0n) is 9.88. The molecule has 0 fully saturated rings. The van der Waals surface area contributed by atoms with Gasteiger partial charge >= 0.3 is 0 Å². The van der Waals surface area contributed by atoms with Crippen molar-refractivity contribution in [2.24, 2.45) is 0 Å². The van der Waals surface area contributed by atoms with Crippen LogP contribution in [0.15, 0.2) is 30.5 Å². The molecule has 0 saturated heterocycles. The van der Waals surface area contributed by atoms with Crippen LogP contribution in [0.5, 0.6) is 0 Å². The molecule has 15 heavy (non-hydrogen) atoms. The van der Waals surface area contributed by atoms with Gasteiger partial charge in [0.05, 0.1) is 5.69 Å². The highest BCUT2D eigenvalue weighted by molar-refractivity contribution is 5.53. The van der Waals surface area contributed by atoms with Crippen molar-refractivity contribution >= 4 is 6.08 Å². The molecule has 0 radical (unpaired) electrons. The Morgan fingerprint density at radius 3 is 2.80 bits per heavy atom. The molecular formula is C14H19N. The number of pyridine rings is 1. The van der Waals surface area contributed by atoms with Crippen LogP contribution in [0.1, 0.15) is 37.1 Å². The Morgan fingerprint density at radius 1 is 1.47 bits per heavy atom. The van der Waals surface area contributed by atoms with Gasteiger partial charge in [-0.2, -0.15) is 0 Å². The van der Waals surface area contributed by atoms with Gasteiger partial charge in [0.1, 0.15) is 0 Å². The first kappa shape index (κ1) is 11.7. The maximum absolute atomic E-state index is 4.37. The van der Waals surface area contributed by atoms with Crippen LogP contribution in [0.4, 0.5) is 0 Å². The molecule has 0 N–H and O–H groups in total. The summed E-state index contributed by atoms with van der Waals surface area (Å²) in [6, 6.07) is 2.08. The number of hydrogen-bond acceptors (Lipinski definition) is 1. The number of allylic oxidation sites excluding steroid dienone is 2. The van der Waals surface area contributed by atoms with E-state index in [-0.39, 0.29) is 0 Å². The van der Waals surface area contributed by atoms with E-state index in [0.717, 1.165) is 24.1 Å². The number of rotatable bonds is 4. The lowest BCUT2D eigenvalue weighted by atomic mass is 10.0. The molecule has 0 spiro atoms. The van der Waals surface area contributed by atoms with Gasteiger partial charge in [0.15, 0.2) is 0 Å². The number of nitrogens with zero attached hydrogens (tertiary/aromatic N) is 1. The molecule has 1 aromatic heterocycles. The van der Waals surface area contributed by atoms with E-state index in [2.05, 4.69) is 50.6 Å². The van der Waals surface area contributed by atoms with E-state index in [0.29, 0.717) is 0 Å². The van der Waals surface area contributed by atoms with Crippen LogP contribution in [0.2, 0.25) is 0 Å². The Kier molecular flexibility index (Phi) is 4.29. The molecule has 0 aromatic carbocycles. The lowest BCUT2D eigenvalue weighted by Crippen LogP contribution is -1.92. The zero-order valence-corrected chi connectivity index (χ0v) is 9.88. The molecule has 0 saturated carbocycles. The van der Waals surface area contributed by atoms with Crippen molar-refractivity contribution in [2.75, 3.05) is 0 Å². The van der Waals surface area contributed by atoms with Gasteiger partial charge in [-0.3, -0.25) is 4.98 Å². The molecule has 0 bridgehead atoms. The number of aromatic nitrogens is 1. The molecule has 1 aromatic rings. The summed E-state index contributed by atoms with van der Waals surface area (Å²) in [7, 11) is 0. The Labute approximate surface area is 92.6 Å². The van der Waals surface area contributed by atoms with E-state index in [1.165, 1.54) is 11.1 Å². The Hall–Kier alpha value is -1.37. The summed E-state index contributed by atoms with van der Waals surface area (Å²) in [4.78, 5) is 4.37. The van der Waals surface area contributed by atoms with Gasteiger partial charge in [0.25, 0.3) is 0 Å². The normalized spacial score (nSPS) is 10.9. The lowest BCUT2D eigenvalue weighted by Gasteiger charge is -2.05. The second-order valence-corrected chi connectivity index (χ2v) is 3.68. The van der Waals surface area contributed by atoms with Crippen LogP contribution in [0.25, 0.3) is 6.08 Å². The van der Waals surface area contributed by atoms with Crippen molar-refractivity contribution in [3.63, 3.8) is 0 Å². The molecule has 1 heteroatoms. The third-order valence-electron chi connectivity index (χ3n) is 2.67. The summed E-state index contributed by atoms with van der Waals surface area (Å²) < 4.78 is 0. The van der Waals surface area contributed by atoms with E-state index >= 15 is 0 Å². The summed E-state index contributed by atoms with van der Waals surface area (Å²) >= 11 is 0. The van der Waals surface area contributed by atoms with Crippen LogP contribution in [0.3, 0.4) is 0 Å². The van der Waals surface area contributed by atoms with Crippen LogP contribution in [-0.4, -0.2) is 4.98 Å². The van der Waals surface area contributed by atoms with Crippen molar-refractivity contribution in [1.29, 1.82) is 0 Å². The van der Waals surface area contributed by atoms with Crippen LogP contribution >= 0.6 is 0 Å². The minimum atomic E-state index is 0.989. The first-order chi connectivity index (χ1) is 7.19. The fourth-order valence-electron chi connectivity index (χ4n) is 1.46. The van der Waals surface area contributed by atoms with Gasteiger partial charge in [-0.1, -0.05) is 32.1 Å². The van der Waals surface area contributed by atoms with Gasteiger partial charge < -0.3 is 0 Å². The fourth-order valence-corrected chi connectivity index (χ4v) is 1.46. The second kappa shape index (κ2) is 5.50. The average Bonchev–Trinajstić information content (AvgIpc) is 2.27. The smallest absolute Gasteiger partial charge is 0.0661 e. The van der Waals surface area contributed by atoms with E-state index in [1.54, 1.807) is 0 Å². The summed E-state index contributed by atoms with van der Waals surface area (Å²) in [5.74, 6) is 0. The van der Waals surface area contributed by atoms with Gasteiger partial charge in [0.2, 0.25) is 0 Å². The molecular weight excluding hydrogens is 182 g/mol. The van der Waals surface area contributed by atoms with Gasteiger partial charge in [-0.25, -0.2) is 0 Å². The maximum atomic E-state index is 4.37. The molecule has 80 valence electrons. The van der Waals surface area contributed by atoms with E-state index in [4.69, 9.17) is 0 Å². The Bertz CT molecular complexity index is 375. The fraction of sp³-hybridized carbons (Fsp3) is 0.357. The molecule has 1 heterocycles. The number of hydrogen-bond donors (Lipinski definition) is 0. The first-order valence-corrected chi connectivity index (χ1v) is 5.49. The molecule has 1 rings (SSSR count). The third-order valence-corrected chi connectivity index (χ3v) is 2.67.